The lowest BCUT2D eigenvalue weighted by Crippen LogP contribution is -2.37. The minimum absolute atomic E-state index is 0.256. The predicted molar refractivity (Wildman–Crippen MR) is 74.1 cm³/mol. The van der Waals surface area contributed by atoms with Crippen LogP contribution in [0.4, 0.5) is 0 Å². The van der Waals surface area contributed by atoms with Crippen molar-refractivity contribution in [2.24, 2.45) is 5.92 Å². The van der Waals surface area contributed by atoms with E-state index in [1.807, 2.05) is 19.9 Å². The minimum Gasteiger partial charge on any atom is -0.362 e. The number of rotatable bonds is 4. The molecule has 2 heterocycles. The van der Waals surface area contributed by atoms with Gasteiger partial charge in [0.25, 0.3) is 0 Å². The lowest BCUT2D eigenvalue weighted by Gasteiger charge is -2.30. The summed E-state index contributed by atoms with van der Waals surface area (Å²) in [6.45, 7) is 8.96. The maximum atomic E-state index is 12.2. The first-order chi connectivity index (χ1) is 8.60. The molecule has 0 aliphatic carbocycles. The second-order valence-electron chi connectivity index (χ2n) is 5.54. The number of aromatic amines is 1. The Balaban J connectivity index is 1.90. The molecule has 0 bridgehead atoms. The Labute approximate surface area is 110 Å². The fourth-order valence-electron chi connectivity index (χ4n) is 2.85. The summed E-state index contributed by atoms with van der Waals surface area (Å²) in [5.41, 5.74) is 2.94. The van der Waals surface area contributed by atoms with Gasteiger partial charge in [-0.25, -0.2) is 0 Å². The van der Waals surface area contributed by atoms with Gasteiger partial charge in [-0.3, -0.25) is 9.69 Å². The van der Waals surface area contributed by atoms with E-state index in [2.05, 4.69) is 16.8 Å². The SMILES string of the molecule is CCC1CCN(CC(=O)c2cc(C)[nH]c2C)CC1. The number of hydrogen-bond donors (Lipinski definition) is 1. The number of piperidine rings is 1. The van der Waals surface area contributed by atoms with Crippen molar-refractivity contribution in [3.63, 3.8) is 0 Å². The van der Waals surface area contributed by atoms with E-state index in [9.17, 15) is 4.79 Å². The van der Waals surface area contributed by atoms with E-state index in [1.165, 1.54) is 19.3 Å². The fourth-order valence-corrected chi connectivity index (χ4v) is 2.85. The first kappa shape index (κ1) is 13.3. The second kappa shape index (κ2) is 5.70. The third-order valence-corrected chi connectivity index (χ3v) is 4.10. The van der Waals surface area contributed by atoms with E-state index < -0.39 is 0 Å². The normalized spacial score (nSPS) is 18.2. The van der Waals surface area contributed by atoms with Crippen LogP contribution in [0.25, 0.3) is 0 Å². The number of Topliss-reactive ketones (excluding diaryl/α,β-unsaturated/α-hetero) is 1. The molecule has 1 N–H and O–H groups in total. The summed E-state index contributed by atoms with van der Waals surface area (Å²) < 4.78 is 0. The van der Waals surface area contributed by atoms with Crippen LogP contribution in [-0.2, 0) is 0 Å². The highest BCUT2D eigenvalue weighted by molar-refractivity contribution is 5.98. The molecule has 0 radical (unpaired) electrons. The number of H-pyrrole nitrogens is 1. The molecule has 2 rings (SSSR count). The van der Waals surface area contributed by atoms with Gasteiger partial charge in [0, 0.05) is 17.0 Å². The maximum absolute atomic E-state index is 12.2. The maximum Gasteiger partial charge on any atom is 0.178 e. The van der Waals surface area contributed by atoms with Crippen molar-refractivity contribution in [3.05, 3.63) is 23.0 Å². The Morgan fingerprint density at radius 1 is 1.39 bits per heavy atom. The van der Waals surface area contributed by atoms with Crippen molar-refractivity contribution < 1.29 is 4.79 Å². The molecule has 0 saturated carbocycles. The van der Waals surface area contributed by atoms with Crippen molar-refractivity contribution in [2.75, 3.05) is 19.6 Å². The summed E-state index contributed by atoms with van der Waals surface area (Å²) in [7, 11) is 0. The summed E-state index contributed by atoms with van der Waals surface area (Å²) in [6, 6.07) is 1.97. The Morgan fingerprint density at radius 3 is 2.56 bits per heavy atom. The fraction of sp³-hybridized carbons (Fsp3) is 0.667. The van der Waals surface area contributed by atoms with Gasteiger partial charge in [0.05, 0.1) is 6.54 Å². The molecule has 18 heavy (non-hydrogen) atoms. The number of nitrogens with one attached hydrogen (secondary N) is 1. The van der Waals surface area contributed by atoms with Crippen LogP contribution in [0.3, 0.4) is 0 Å². The quantitative estimate of drug-likeness (QED) is 0.832. The van der Waals surface area contributed by atoms with Crippen molar-refractivity contribution in [3.8, 4) is 0 Å². The molecule has 1 aromatic rings. The average Bonchev–Trinajstić information content (AvgIpc) is 2.69. The molecule has 0 aromatic carbocycles. The van der Waals surface area contributed by atoms with Crippen molar-refractivity contribution in [1.82, 2.24) is 9.88 Å². The van der Waals surface area contributed by atoms with Crippen LogP contribution in [0.1, 0.15) is 47.9 Å². The molecule has 1 aliphatic rings. The number of aromatic nitrogens is 1. The van der Waals surface area contributed by atoms with Crippen LogP contribution in [0, 0.1) is 19.8 Å². The smallest absolute Gasteiger partial charge is 0.178 e. The van der Waals surface area contributed by atoms with Crippen LogP contribution < -0.4 is 0 Å². The van der Waals surface area contributed by atoms with E-state index in [0.717, 1.165) is 36.0 Å². The largest absolute Gasteiger partial charge is 0.362 e. The molecule has 1 aliphatic heterocycles. The van der Waals surface area contributed by atoms with E-state index in [4.69, 9.17) is 0 Å². The third kappa shape index (κ3) is 3.02. The molecule has 1 fully saturated rings. The van der Waals surface area contributed by atoms with Gasteiger partial charge in [-0.15, -0.1) is 0 Å². The molecule has 0 spiro atoms. The van der Waals surface area contributed by atoms with Gasteiger partial charge in [-0.2, -0.15) is 0 Å². The number of likely N-dealkylation sites (tertiary alicyclic amines) is 1. The Morgan fingerprint density at radius 2 is 2.06 bits per heavy atom. The van der Waals surface area contributed by atoms with Gasteiger partial charge in [0.1, 0.15) is 0 Å². The first-order valence-corrected chi connectivity index (χ1v) is 7.02. The lowest BCUT2D eigenvalue weighted by atomic mass is 9.94. The summed E-state index contributed by atoms with van der Waals surface area (Å²) in [5, 5.41) is 0. The molecule has 3 heteroatoms. The van der Waals surface area contributed by atoms with Crippen LogP contribution in [-0.4, -0.2) is 35.3 Å². The molecule has 0 atom stereocenters. The van der Waals surface area contributed by atoms with Crippen molar-refractivity contribution in [2.45, 2.75) is 40.0 Å². The van der Waals surface area contributed by atoms with Crippen LogP contribution in [0.15, 0.2) is 6.07 Å². The zero-order valence-corrected chi connectivity index (χ0v) is 11.8. The monoisotopic (exact) mass is 248 g/mol. The van der Waals surface area contributed by atoms with Gasteiger partial charge in [0.2, 0.25) is 0 Å². The Kier molecular flexibility index (Phi) is 4.23. The van der Waals surface area contributed by atoms with Gasteiger partial charge in [0.15, 0.2) is 5.78 Å². The number of carbonyl (C=O) groups is 1. The number of nitrogens with zero attached hydrogens (tertiary/aromatic N) is 1. The Hall–Kier alpha value is -1.09. The number of hydrogen-bond acceptors (Lipinski definition) is 2. The highest BCUT2D eigenvalue weighted by atomic mass is 16.1. The number of aryl methyl sites for hydroxylation is 2. The molecular weight excluding hydrogens is 224 g/mol. The van der Waals surface area contributed by atoms with Crippen LogP contribution in [0.2, 0.25) is 0 Å². The van der Waals surface area contributed by atoms with Gasteiger partial charge in [-0.05, 0) is 51.8 Å². The van der Waals surface area contributed by atoms with Crippen LogP contribution >= 0.6 is 0 Å². The molecule has 3 nitrogen and oxygen atoms in total. The third-order valence-electron chi connectivity index (χ3n) is 4.10. The molecule has 1 saturated heterocycles. The molecule has 0 amide bonds. The minimum atomic E-state index is 0.256. The van der Waals surface area contributed by atoms with E-state index in [0.29, 0.717) is 6.54 Å². The topological polar surface area (TPSA) is 36.1 Å². The van der Waals surface area contributed by atoms with Gasteiger partial charge >= 0.3 is 0 Å². The van der Waals surface area contributed by atoms with E-state index in [-0.39, 0.29) is 5.78 Å². The molecule has 0 unspecified atom stereocenters. The highest BCUT2D eigenvalue weighted by Gasteiger charge is 2.21. The van der Waals surface area contributed by atoms with Crippen molar-refractivity contribution in [1.29, 1.82) is 0 Å². The molecular formula is C15H24N2O. The number of carbonyl (C=O) groups excluding carboxylic acids is 1. The highest BCUT2D eigenvalue weighted by Crippen LogP contribution is 2.20. The average molecular weight is 248 g/mol. The lowest BCUT2D eigenvalue weighted by molar-refractivity contribution is 0.0894. The van der Waals surface area contributed by atoms with Gasteiger partial charge in [-0.1, -0.05) is 13.3 Å². The number of ketones is 1. The zero-order chi connectivity index (χ0) is 13.1. The molecule has 1 aromatic heterocycles. The summed E-state index contributed by atoms with van der Waals surface area (Å²) in [4.78, 5) is 17.7. The standard InChI is InChI=1S/C15H24N2O/c1-4-13-5-7-17(8-6-13)10-15(18)14-9-11(2)16-12(14)3/h9,13,16H,4-8,10H2,1-3H3. The first-order valence-electron chi connectivity index (χ1n) is 7.02. The van der Waals surface area contributed by atoms with Crippen molar-refractivity contribution >= 4 is 5.78 Å². The van der Waals surface area contributed by atoms with Gasteiger partial charge < -0.3 is 4.98 Å². The van der Waals surface area contributed by atoms with Crippen LogP contribution in [0.5, 0.6) is 0 Å². The predicted octanol–water partition coefficient (Wildman–Crippen LogP) is 2.94. The summed E-state index contributed by atoms with van der Waals surface area (Å²) in [5.74, 6) is 1.12. The molecule has 100 valence electrons. The van der Waals surface area contributed by atoms with E-state index in [1.54, 1.807) is 0 Å². The zero-order valence-electron chi connectivity index (χ0n) is 11.8. The summed E-state index contributed by atoms with van der Waals surface area (Å²) >= 11 is 0. The summed E-state index contributed by atoms with van der Waals surface area (Å²) in [6.07, 6.45) is 3.77. The second-order valence-corrected chi connectivity index (χ2v) is 5.54. The Bertz CT molecular complexity index is 414. The van der Waals surface area contributed by atoms with E-state index >= 15 is 0 Å².